The lowest BCUT2D eigenvalue weighted by molar-refractivity contribution is 0.174. The summed E-state index contributed by atoms with van der Waals surface area (Å²) in [6, 6.07) is 15.1. The van der Waals surface area contributed by atoms with E-state index >= 15 is 0 Å². The first-order chi connectivity index (χ1) is 17.2. The van der Waals surface area contributed by atoms with Gasteiger partial charge in [0.05, 0.1) is 5.69 Å². The lowest BCUT2D eigenvalue weighted by Crippen LogP contribution is -2.11. The summed E-state index contributed by atoms with van der Waals surface area (Å²) in [5.74, 6) is 2.92. The predicted octanol–water partition coefficient (Wildman–Crippen LogP) is 4.58. The number of aromatic nitrogens is 4. The molecule has 4 heterocycles. The number of thiophene rings is 1. The van der Waals surface area contributed by atoms with Crippen LogP contribution in [0.1, 0.15) is 11.1 Å². The maximum atomic E-state index is 9.51. The predicted molar refractivity (Wildman–Crippen MR) is 135 cm³/mol. The molecule has 0 spiro atoms. The molecule has 0 amide bonds. The summed E-state index contributed by atoms with van der Waals surface area (Å²) in [5.41, 5.74) is 4.58. The van der Waals surface area contributed by atoms with Crippen LogP contribution in [0, 0.1) is 0 Å². The van der Waals surface area contributed by atoms with Gasteiger partial charge < -0.3 is 25.2 Å². The van der Waals surface area contributed by atoms with Gasteiger partial charge in [0.25, 0.3) is 0 Å². The number of phenols is 1. The Hall–Kier alpha value is -4.31. The molecule has 0 bridgehead atoms. The molecule has 0 aliphatic carbocycles. The molecule has 6 rings (SSSR count). The van der Waals surface area contributed by atoms with E-state index in [-0.39, 0.29) is 12.5 Å². The highest BCUT2D eigenvalue weighted by atomic mass is 32.1. The third kappa shape index (κ3) is 4.43. The Morgan fingerprint density at radius 2 is 1.83 bits per heavy atom. The zero-order valence-electron chi connectivity index (χ0n) is 18.6. The van der Waals surface area contributed by atoms with Crippen LogP contribution in [0.15, 0.2) is 65.6 Å². The van der Waals surface area contributed by atoms with Crippen LogP contribution in [0.25, 0.3) is 16.9 Å². The number of phenolic OH excluding ortho intramolecular Hbond substituents is 1. The number of imidazole rings is 1. The first-order valence-electron chi connectivity index (χ1n) is 11.1. The first kappa shape index (κ1) is 21.2. The van der Waals surface area contributed by atoms with Gasteiger partial charge in [0.15, 0.2) is 28.5 Å². The van der Waals surface area contributed by atoms with Crippen LogP contribution in [-0.4, -0.2) is 38.0 Å². The Morgan fingerprint density at radius 3 is 2.69 bits per heavy atom. The Labute approximate surface area is 205 Å². The molecule has 0 radical (unpaired) electrons. The van der Waals surface area contributed by atoms with Crippen molar-refractivity contribution in [3.05, 3.63) is 76.7 Å². The Morgan fingerprint density at radius 1 is 0.971 bits per heavy atom. The van der Waals surface area contributed by atoms with Crippen LogP contribution < -0.4 is 20.1 Å². The highest BCUT2D eigenvalue weighted by Gasteiger charge is 2.16. The number of hydrogen-bond acceptors (Lipinski definition) is 9. The number of aromatic hydroxyl groups is 1. The van der Waals surface area contributed by atoms with Crippen molar-refractivity contribution in [3.8, 4) is 22.9 Å². The summed E-state index contributed by atoms with van der Waals surface area (Å²) in [5, 5.41) is 20.3. The van der Waals surface area contributed by atoms with Crippen LogP contribution in [0.5, 0.6) is 17.2 Å². The van der Waals surface area contributed by atoms with Gasteiger partial charge in [0.2, 0.25) is 12.7 Å². The van der Waals surface area contributed by atoms with Crippen molar-refractivity contribution in [3.63, 3.8) is 0 Å². The maximum Gasteiger partial charge on any atom is 0.231 e. The molecule has 1 aliphatic heterocycles. The van der Waals surface area contributed by atoms with Gasteiger partial charge in [-0.3, -0.25) is 4.57 Å². The lowest BCUT2D eigenvalue weighted by atomic mass is 10.1. The number of nitrogens with zero attached hydrogens (tertiary/aromatic N) is 4. The van der Waals surface area contributed by atoms with Crippen LogP contribution in [-0.2, 0) is 13.0 Å². The van der Waals surface area contributed by atoms with Gasteiger partial charge in [-0.05, 0) is 53.3 Å². The van der Waals surface area contributed by atoms with Crippen molar-refractivity contribution < 1.29 is 14.6 Å². The molecule has 0 saturated carbocycles. The number of fused-ring (bicyclic) bond motifs is 2. The van der Waals surface area contributed by atoms with E-state index in [1.807, 2.05) is 46.3 Å². The molecule has 5 aromatic rings. The van der Waals surface area contributed by atoms with Crippen LogP contribution in [0.2, 0.25) is 0 Å². The fourth-order valence-corrected chi connectivity index (χ4v) is 4.53. The monoisotopic (exact) mass is 486 g/mol. The van der Waals surface area contributed by atoms with Crippen molar-refractivity contribution in [1.82, 2.24) is 19.5 Å². The van der Waals surface area contributed by atoms with Gasteiger partial charge in [0, 0.05) is 18.5 Å². The van der Waals surface area contributed by atoms with Crippen molar-refractivity contribution >= 4 is 34.3 Å². The van der Waals surface area contributed by atoms with Crippen LogP contribution in [0.4, 0.5) is 11.8 Å². The molecule has 0 saturated heterocycles. The molecule has 10 heteroatoms. The number of hydrogen-bond donors (Lipinski definition) is 3. The van der Waals surface area contributed by atoms with Gasteiger partial charge in [0.1, 0.15) is 12.1 Å². The minimum absolute atomic E-state index is 0.248. The highest BCUT2D eigenvalue weighted by molar-refractivity contribution is 7.08. The molecule has 35 heavy (non-hydrogen) atoms. The molecule has 0 unspecified atom stereocenters. The SMILES string of the molecule is Oc1ccc(CCNc2nc(NCc3ccc4c(c3)OCO4)nc3c2ncn3-c2ccsc2)cc1. The molecule has 2 aromatic carbocycles. The maximum absolute atomic E-state index is 9.51. The number of nitrogens with one attached hydrogen (secondary N) is 2. The van der Waals surface area contributed by atoms with Crippen LogP contribution >= 0.6 is 11.3 Å². The average molecular weight is 487 g/mol. The first-order valence-corrected chi connectivity index (χ1v) is 12.1. The lowest BCUT2D eigenvalue weighted by Gasteiger charge is -2.11. The number of ether oxygens (including phenoxy) is 2. The second kappa shape index (κ2) is 9.15. The molecule has 9 nitrogen and oxygen atoms in total. The zero-order chi connectivity index (χ0) is 23.6. The summed E-state index contributed by atoms with van der Waals surface area (Å²) < 4.78 is 12.8. The van der Waals surface area contributed by atoms with Crippen molar-refractivity contribution in [2.75, 3.05) is 24.0 Å². The summed E-state index contributed by atoms with van der Waals surface area (Å²) in [6.07, 6.45) is 2.55. The average Bonchev–Trinajstić information content (AvgIpc) is 3.64. The number of benzene rings is 2. The van der Waals surface area contributed by atoms with Gasteiger partial charge in [-0.15, -0.1) is 0 Å². The van der Waals surface area contributed by atoms with E-state index in [2.05, 4.69) is 21.0 Å². The molecule has 0 fully saturated rings. The molecule has 3 aromatic heterocycles. The minimum atomic E-state index is 0.248. The van der Waals surface area contributed by atoms with Gasteiger partial charge >= 0.3 is 0 Å². The fourth-order valence-electron chi connectivity index (χ4n) is 3.91. The molecule has 0 atom stereocenters. The summed E-state index contributed by atoms with van der Waals surface area (Å²) in [6.45, 7) is 1.43. The fraction of sp³-hybridized carbons (Fsp3) is 0.160. The number of anilines is 2. The Balaban J connectivity index is 1.26. The van der Waals surface area contributed by atoms with Gasteiger partial charge in [-0.25, -0.2) is 4.98 Å². The van der Waals surface area contributed by atoms with E-state index in [9.17, 15) is 5.11 Å². The Kier molecular flexibility index (Phi) is 5.55. The number of rotatable bonds is 8. The van der Waals surface area contributed by atoms with Crippen molar-refractivity contribution in [1.29, 1.82) is 0 Å². The second-order valence-electron chi connectivity index (χ2n) is 8.05. The molecule has 1 aliphatic rings. The smallest absolute Gasteiger partial charge is 0.231 e. The largest absolute Gasteiger partial charge is 0.508 e. The third-order valence-corrected chi connectivity index (χ3v) is 6.38. The summed E-state index contributed by atoms with van der Waals surface area (Å²) >= 11 is 1.62. The van der Waals surface area contributed by atoms with Gasteiger partial charge in [-0.1, -0.05) is 18.2 Å². The molecule has 3 N–H and O–H groups in total. The zero-order valence-corrected chi connectivity index (χ0v) is 19.5. The summed E-state index contributed by atoms with van der Waals surface area (Å²) in [4.78, 5) is 14.1. The van der Waals surface area contributed by atoms with Crippen LogP contribution in [0.3, 0.4) is 0 Å². The van der Waals surface area contributed by atoms with E-state index in [1.54, 1.807) is 29.8 Å². The topological polar surface area (TPSA) is 106 Å². The normalized spacial score (nSPS) is 12.2. The van der Waals surface area contributed by atoms with E-state index < -0.39 is 0 Å². The van der Waals surface area contributed by atoms with E-state index in [1.165, 1.54) is 0 Å². The molecular formula is C25H22N6O3S. The molecule has 176 valence electrons. The third-order valence-electron chi connectivity index (χ3n) is 5.71. The second-order valence-corrected chi connectivity index (χ2v) is 8.83. The van der Waals surface area contributed by atoms with Crippen molar-refractivity contribution in [2.45, 2.75) is 13.0 Å². The standard InChI is InChI=1S/C25H22N6O3S/c32-19-4-1-16(2-5-19)7-9-26-23-22-24(31(14-28-22)18-8-10-35-13-18)30-25(29-23)27-12-17-3-6-20-21(11-17)34-15-33-20/h1-6,8,10-11,13-14,32H,7,9,12,15H2,(H2,26,27,29,30). The van der Waals surface area contributed by atoms with Crippen molar-refractivity contribution in [2.24, 2.45) is 0 Å². The van der Waals surface area contributed by atoms with E-state index in [4.69, 9.17) is 19.4 Å². The summed E-state index contributed by atoms with van der Waals surface area (Å²) in [7, 11) is 0. The van der Waals surface area contributed by atoms with E-state index in [0.29, 0.717) is 30.4 Å². The Bertz CT molecular complexity index is 1470. The van der Waals surface area contributed by atoms with E-state index in [0.717, 1.165) is 40.4 Å². The quantitative estimate of drug-likeness (QED) is 0.293. The highest BCUT2D eigenvalue weighted by Crippen LogP contribution is 2.32. The minimum Gasteiger partial charge on any atom is -0.508 e. The molecular weight excluding hydrogens is 464 g/mol. The van der Waals surface area contributed by atoms with Gasteiger partial charge in [-0.2, -0.15) is 21.3 Å².